The normalized spacial score (nSPS) is 34.0. The Labute approximate surface area is 133 Å². The number of ether oxygens (including phenoxy) is 4. The highest BCUT2D eigenvalue weighted by molar-refractivity contribution is 5.88. The summed E-state index contributed by atoms with van der Waals surface area (Å²) in [5.74, 6) is -1.41. The molecule has 3 fully saturated rings. The largest absolute Gasteiger partial charge is 0.462 e. The highest BCUT2D eigenvalue weighted by Crippen LogP contribution is 2.61. The molecular weight excluding hydrogens is 304 g/mol. The minimum atomic E-state index is -0.915. The third-order valence-electron chi connectivity index (χ3n) is 4.91. The number of hydrogen-bond donors (Lipinski definition) is 0. The maximum atomic E-state index is 12.2. The Morgan fingerprint density at radius 1 is 1.35 bits per heavy atom. The van der Waals surface area contributed by atoms with Crippen molar-refractivity contribution in [1.82, 2.24) is 0 Å². The molecular formula is C16H20O7. The molecule has 0 N–H and O–H groups in total. The minimum Gasteiger partial charge on any atom is -0.462 e. The quantitative estimate of drug-likeness (QED) is 0.310. The second kappa shape index (κ2) is 5.63. The fourth-order valence-electron chi connectivity index (χ4n) is 3.75. The first-order valence-corrected chi connectivity index (χ1v) is 7.72. The Morgan fingerprint density at radius 3 is 2.78 bits per heavy atom. The number of cyclic esters (lactones) is 1. The number of hydrogen-bond acceptors (Lipinski definition) is 7. The van der Waals surface area contributed by atoms with Crippen molar-refractivity contribution in [1.29, 1.82) is 0 Å². The molecule has 3 heterocycles. The number of carbonyl (C=O) groups excluding carboxylic acids is 3. The standard InChI is InChI=1S/C16H20O7/c1-10(2)13(18)21-6-5-20-12(17)8-15-7-11-3-4-16(15,23-11)9-22-14(15)19/h11H,1,3-9H2,2H3/t11-,15?,16-/m0/s1. The Balaban J connectivity index is 1.53. The highest BCUT2D eigenvalue weighted by atomic mass is 16.6. The average molecular weight is 324 g/mol. The van der Waals surface area contributed by atoms with E-state index in [0.29, 0.717) is 6.42 Å². The van der Waals surface area contributed by atoms with E-state index in [1.807, 2.05) is 0 Å². The van der Waals surface area contributed by atoms with Crippen molar-refractivity contribution in [3.05, 3.63) is 12.2 Å². The third kappa shape index (κ3) is 2.52. The summed E-state index contributed by atoms with van der Waals surface area (Å²) in [4.78, 5) is 35.5. The van der Waals surface area contributed by atoms with Crippen molar-refractivity contribution < 1.29 is 33.3 Å². The first-order chi connectivity index (χ1) is 10.9. The van der Waals surface area contributed by atoms with Gasteiger partial charge in [0.05, 0.1) is 12.5 Å². The fraction of sp³-hybridized carbons (Fsp3) is 0.688. The lowest BCUT2D eigenvalue weighted by atomic mass is 9.65. The van der Waals surface area contributed by atoms with Crippen molar-refractivity contribution in [2.24, 2.45) is 5.41 Å². The fourth-order valence-corrected chi connectivity index (χ4v) is 3.75. The first-order valence-electron chi connectivity index (χ1n) is 7.72. The molecule has 0 amide bonds. The van der Waals surface area contributed by atoms with Crippen LogP contribution in [-0.4, -0.2) is 49.4 Å². The van der Waals surface area contributed by atoms with Crippen LogP contribution in [0, 0.1) is 5.41 Å². The summed E-state index contributed by atoms with van der Waals surface area (Å²) in [6.07, 6.45) is 2.09. The molecule has 0 radical (unpaired) electrons. The molecule has 3 rings (SSSR count). The van der Waals surface area contributed by atoms with E-state index in [2.05, 4.69) is 6.58 Å². The Morgan fingerprint density at radius 2 is 2.09 bits per heavy atom. The van der Waals surface area contributed by atoms with Crippen LogP contribution in [0.5, 0.6) is 0 Å². The van der Waals surface area contributed by atoms with Gasteiger partial charge in [-0.05, 0) is 26.2 Å². The lowest BCUT2D eigenvalue weighted by Gasteiger charge is -2.33. The zero-order valence-electron chi connectivity index (χ0n) is 13.1. The second-order valence-electron chi connectivity index (χ2n) is 6.45. The molecule has 3 atom stereocenters. The van der Waals surface area contributed by atoms with E-state index in [1.54, 1.807) is 0 Å². The van der Waals surface area contributed by atoms with Crippen LogP contribution in [0.25, 0.3) is 0 Å². The summed E-state index contributed by atoms with van der Waals surface area (Å²) in [6, 6.07) is 0. The van der Waals surface area contributed by atoms with E-state index >= 15 is 0 Å². The zero-order chi connectivity index (χ0) is 16.7. The Hall–Kier alpha value is -1.89. The van der Waals surface area contributed by atoms with Gasteiger partial charge in [0.15, 0.2) is 0 Å². The molecule has 3 aliphatic rings. The van der Waals surface area contributed by atoms with Crippen LogP contribution in [0.3, 0.4) is 0 Å². The van der Waals surface area contributed by atoms with E-state index in [1.165, 1.54) is 6.92 Å². The number of fused-ring (bicyclic) bond motifs is 1. The van der Waals surface area contributed by atoms with Crippen LogP contribution in [0.2, 0.25) is 0 Å². The molecule has 0 aromatic heterocycles. The molecule has 0 aliphatic carbocycles. The van der Waals surface area contributed by atoms with Crippen LogP contribution in [0.15, 0.2) is 12.2 Å². The molecule has 23 heavy (non-hydrogen) atoms. The highest BCUT2D eigenvalue weighted by Gasteiger charge is 2.72. The van der Waals surface area contributed by atoms with Crippen LogP contribution in [-0.2, 0) is 33.3 Å². The van der Waals surface area contributed by atoms with Crippen molar-refractivity contribution >= 4 is 17.9 Å². The van der Waals surface area contributed by atoms with Gasteiger partial charge in [-0.1, -0.05) is 6.58 Å². The van der Waals surface area contributed by atoms with Gasteiger partial charge in [0.25, 0.3) is 0 Å². The van der Waals surface area contributed by atoms with E-state index in [9.17, 15) is 14.4 Å². The predicted molar refractivity (Wildman–Crippen MR) is 76.2 cm³/mol. The summed E-state index contributed by atoms with van der Waals surface area (Å²) in [7, 11) is 0. The van der Waals surface area contributed by atoms with Gasteiger partial charge in [-0.2, -0.15) is 0 Å². The number of esters is 3. The average Bonchev–Trinajstić information content (AvgIpc) is 3.12. The number of rotatable bonds is 6. The minimum absolute atomic E-state index is 0.0205. The molecule has 1 unspecified atom stereocenters. The van der Waals surface area contributed by atoms with Gasteiger partial charge in [-0.25, -0.2) is 4.79 Å². The van der Waals surface area contributed by atoms with Gasteiger partial charge in [0, 0.05) is 5.57 Å². The summed E-state index contributed by atoms with van der Waals surface area (Å²) in [5, 5.41) is 0. The molecule has 0 aromatic carbocycles. The molecule has 0 aromatic rings. The molecule has 1 spiro atoms. The van der Waals surface area contributed by atoms with Crippen LogP contribution < -0.4 is 0 Å². The van der Waals surface area contributed by atoms with Gasteiger partial charge in [0.1, 0.15) is 30.8 Å². The maximum Gasteiger partial charge on any atom is 0.333 e. The van der Waals surface area contributed by atoms with Gasteiger partial charge in [-0.3, -0.25) is 9.59 Å². The van der Waals surface area contributed by atoms with Crippen molar-refractivity contribution in [3.8, 4) is 0 Å². The van der Waals surface area contributed by atoms with E-state index in [0.717, 1.165) is 12.8 Å². The van der Waals surface area contributed by atoms with Crippen molar-refractivity contribution in [3.63, 3.8) is 0 Å². The van der Waals surface area contributed by atoms with Gasteiger partial charge >= 0.3 is 17.9 Å². The summed E-state index contributed by atoms with van der Waals surface area (Å²) < 4.78 is 21.0. The van der Waals surface area contributed by atoms with Gasteiger partial charge in [-0.15, -0.1) is 0 Å². The van der Waals surface area contributed by atoms with Crippen LogP contribution in [0.4, 0.5) is 0 Å². The molecule has 0 saturated carbocycles. The smallest absolute Gasteiger partial charge is 0.333 e. The van der Waals surface area contributed by atoms with E-state index < -0.39 is 23.0 Å². The van der Waals surface area contributed by atoms with E-state index in [4.69, 9.17) is 18.9 Å². The van der Waals surface area contributed by atoms with Gasteiger partial charge in [0.2, 0.25) is 0 Å². The topological polar surface area (TPSA) is 88.1 Å². The Kier molecular flexibility index (Phi) is 3.91. The van der Waals surface area contributed by atoms with E-state index in [-0.39, 0.29) is 43.9 Å². The monoisotopic (exact) mass is 324 g/mol. The van der Waals surface area contributed by atoms with Crippen LogP contribution >= 0.6 is 0 Å². The molecule has 3 saturated heterocycles. The molecule has 126 valence electrons. The predicted octanol–water partition coefficient (Wildman–Crippen LogP) is 0.904. The second-order valence-corrected chi connectivity index (χ2v) is 6.45. The summed E-state index contributed by atoms with van der Waals surface area (Å²) >= 11 is 0. The van der Waals surface area contributed by atoms with Crippen LogP contribution in [0.1, 0.15) is 32.6 Å². The lowest BCUT2D eigenvalue weighted by Crippen LogP contribution is -2.47. The summed E-state index contributed by atoms with van der Waals surface area (Å²) in [6.45, 7) is 5.11. The molecule has 3 aliphatic heterocycles. The van der Waals surface area contributed by atoms with Crippen molar-refractivity contribution in [2.45, 2.75) is 44.3 Å². The summed E-state index contributed by atoms with van der Waals surface area (Å²) in [5.41, 5.74) is -1.30. The molecule has 7 heteroatoms. The molecule has 7 nitrogen and oxygen atoms in total. The SMILES string of the molecule is C=C(C)C(=O)OCCOC(=O)CC12C[C@@H]3CC[C@@]1(COC2=O)O3. The van der Waals surface area contributed by atoms with Crippen molar-refractivity contribution in [2.75, 3.05) is 19.8 Å². The lowest BCUT2D eigenvalue weighted by molar-refractivity contribution is -0.159. The first kappa shape index (κ1) is 16.0. The Bertz CT molecular complexity index is 569. The zero-order valence-corrected chi connectivity index (χ0v) is 13.1. The third-order valence-corrected chi connectivity index (χ3v) is 4.91. The number of carbonyl (C=O) groups is 3. The molecule has 2 bridgehead atoms. The maximum absolute atomic E-state index is 12.2. The van der Waals surface area contributed by atoms with Gasteiger partial charge < -0.3 is 18.9 Å².